The van der Waals surface area contributed by atoms with Gasteiger partial charge in [0.15, 0.2) is 6.61 Å². The molecule has 4 heteroatoms. The number of amides is 1. The monoisotopic (exact) mass is 290 g/mol. The first-order valence-electron chi connectivity index (χ1n) is 7.82. The summed E-state index contributed by atoms with van der Waals surface area (Å²) in [7, 11) is 0. The molecule has 1 aromatic rings. The molecule has 0 aromatic heterocycles. The van der Waals surface area contributed by atoms with Crippen LogP contribution in [0.25, 0.3) is 0 Å². The lowest BCUT2D eigenvalue weighted by Crippen LogP contribution is -2.38. The van der Waals surface area contributed by atoms with Crippen molar-refractivity contribution in [3.05, 3.63) is 28.8 Å². The third-order valence-electron chi connectivity index (χ3n) is 4.00. The van der Waals surface area contributed by atoms with E-state index in [1.54, 1.807) is 0 Å². The zero-order valence-electron chi connectivity index (χ0n) is 13.2. The van der Waals surface area contributed by atoms with Crippen molar-refractivity contribution < 1.29 is 9.53 Å². The van der Waals surface area contributed by atoms with Crippen LogP contribution in [0.3, 0.4) is 0 Å². The van der Waals surface area contributed by atoms with Crippen molar-refractivity contribution >= 4 is 5.91 Å². The SMILES string of the molecule is Cc1cc(CCN)cc(C)c1OCC(=O)N1CCCCC1. The molecular formula is C17H26N2O2. The normalized spacial score (nSPS) is 15.1. The minimum Gasteiger partial charge on any atom is -0.483 e. The van der Waals surface area contributed by atoms with Crippen LogP contribution in [-0.2, 0) is 11.2 Å². The maximum atomic E-state index is 12.1. The Morgan fingerprint density at radius 3 is 2.38 bits per heavy atom. The molecule has 1 aliphatic rings. The van der Waals surface area contributed by atoms with Gasteiger partial charge in [0, 0.05) is 13.1 Å². The molecule has 2 N–H and O–H groups in total. The van der Waals surface area contributed by atoms with Gasteiger partial charge in [-0.2, -0.15) is 0 Å². The fraction of sp³-hybridized carbons (Fsp3) is 0.588. The lowest BCUT2D eigenvalue weighted by atomic mass is 10.0. The quantitative estimate of drug-likeness (QED) is 0.904. The van der Waals surface area contributed by atoms with Crippen LogP contribution in [0.15, 0.2) is 12.1 Å². The Hall–Kier alpha value is -1.55. The van der Waals surface area contributed by atoms with Gasteiger partial charge in [-0.15, -0.1) is 0 Å². The average molecular weight is 290 g/mol. The summed E-state index contributed by atoms with van der Waals surface area (Å²) in [5, 5.41) is 0. The van der Waals surface area contributed by atoms with Crippen molar-refractivity contribution in [2.75, 3.05) is 26.2 Å². The summed E-state index contributed by atoms with van der Waals surface area (Å²) in [5.74, 6) is 0.931. The molecule has 1 saturated heterocycles. The maximum absolute atomic E-state index is 12.1. The van der Waals surface area contributed by atoms with Crippen LogP contribution in [0.4, 0.5) is 0 Å². The van der Waals surface area contributed by atoms with E-state index in [-0.39, 0.29) is 12.5 Å². The minimum absolute atomic E-state index is 0.0968. The van der Waals surface area contributed by atoms with Gasteiger partial charge < -0.3 is 15.4 Å². The molecule has 0 bridgehead atoms. The fourth-order valence-corrected chi connectivity index (χ4v) is 2.95. The number of benzene rings is 1. The van der Waals surface area contributed by atoms with Crippen LogP contribution in [0.5, 0.6) is 5.75 Å². The van der Waals surface area contributed by atoms with Gasteiger partial charge in [0.05, 0.1) is 0 Å². The molecule has 1 fully saturated rings. The van der Waals surface area contributed by atoms with E-state index in [0.717, 1.165) is 49.2 Å². The Balaban J connectivity index is 1.97. The summed E-state index contributed by atoms with van der Waals surface area (Å²) in [5.41, 5.74) is 8.97. The van der Waals surface area contributed by atoms with E-state index in [1.807, 2.05) is 18.7 Å². The van der Waals surface area contributed by atoms with Crippen LogP contribution in [0.2, 0.25) is 0 Å². The predicted octanol–water partition coefficient (Wildman–Crippen LogP) is 2.20. The molecule has 21 heavy (non-hydrogen) atoms. The largest absolute Gasteiger partial charge is 0.483 e. The van der Waals surface area contributed by atoms with Gasteiger partial charge in [0.2, 0.25) is 0 Å². The van der Waals surface area contributed by atoms with Crippen molar-refractivity contribution in [2.24, 2.45) is 5.73 Å². The highest BCUT2D eigenvalue weighted by Gasteiger charge is 2.17. The Bertz CT molecular complexity index is 471. The molecule has 116 valence electrons. The van der Waals surface area contributed by atoms with Crippen LogP contribution in [-0.4, -0.2) is 37.0 Å². The second kappa shape index (κ2) is 7.46. The maximum Gasteiger partial charge on any atom is 0.260 e. The smallest absolute Gasteiger partial charge is 0.260 e. The van der Waals surface area contributed by atoms with E-state index in [4.69, 9.17) is 10.5 Å². The molecule has 1 heterocycles. The standard InChI is InChI=1S/C17H26N2O2/c1-13-10-15(6-7-18)11-14(2)17(13)21-12-16(20)19-8-4-3-5-9-19/h10-11H,3-9,12,18H2,1-2H3. The molecule has 2 rings (SSSR count). The van der Waals surface area contributed by atoms with Crippen molar-refractivity contribution in [1.82, 2.24) is 4.90 Å². The Morgan fingerprint density at radius 1 is 1.19 bits per heavy atom. The molecule has 1 amide bonds. The number of piperidine rings is 1. The first-order valence-corrected chi connectivity index (χ1v) is 7.82. The van der Waals surface area contributed by atoms with E-state index in [9.17, 15) is 4.79 Å². The summed E-state index contributed by atoms with van der Waals surface area (Å²) in [6.45, 7) is 6.57. The van der Waals surface area contributed by atoms with Gasteiger partial charge in [0.1, 0.15) is 5.75 Å². The Labute approximate surface area is 127 Å². The molecule has 0 atom stereocenters. The molecule has 0 aliphatic carbocycles. The number of nitrogens with two attached hydrogens (primary N) is 1. The predicted molar refractivity (Wildman–Crippen MR) is 84.6 cm³/mol. The molecule has 0 spiro atoms. The molecule has 0 saturated carbocycles. The lowest BCUT2D eigenvalue weighted by Gasteiger charge is -2.27. The van der Waals surface area contributed by atoms with E-state index in [2.05, 4.69) is 12.1 Å². The Morgan fingerprint density at radius 2 is 1.81 bits per heavy atom. The number of ether oxygens (including phenoxy) is 1. The van der Waals surface area contributed by atoms with E-state index in [0.29, 0.717) is 6.54 Å². The van der Waals surface area contributed by atoms with E-state index < -0.39 is 0 Å². The van der Waals surface area contributed by atoms with Crippen molar-refractivity contribution in [3.8, 4) is 5.75 Å². The summed E-state index contributed by atoms with van der Waals surface area (Å²) in [6, 6.07) is 4.20. The van der Waals surface area contributed by atoms with Gasteiger partial charge in [-0.05, 0) is 62.8 Å². The second-order valence-electron chi connectivity index (χ2n) is 5.83. The highest BCUT2D eigenvalue weighted by Crippen LogP contribution is 2.25. The molecule has 0 radical (unpaired) electrons. The highest BCUT2D eigenvalue weighted by molar-refractivity contribution is 5.78. The first kappa shape index (κ1) is 15.8. The minimum atomic E-state index is 0.0968. The van der Waals surface area contributed by atoms with Gasteiger partial charge in [0.25, 0.3) is 5.91 Å². The van der Waals surface area contributed by atoms with Crippen LogP contribution < -0.4 is 10.5 Å². The fourth-order valence-electron chi connectivity index (χ4n) is 2.95. The third kappa shape index (κ3) is 4.21. The number of carbonyl (C=O) groups is 1. The van der Waals surface area contributed by atoms with E-state index in [1.165, 1.54) is 12.0 Å². The Kier molecular flexibility index (Phi) is 5.62. The first-order chi connectivity index (χ1) is 10.1. The topological polar surface area (TPSA) is 55.6 Å². The molecule has 1 aliphatic heterocycles. The summed E-state index contributed by atoms with van der Waals surface area (Å²) < 4.78 is 5.79. The summed E-state index contributed by atoms with van der Waals surface area (Å²) in [6.07, 6.45) is 4.31. The number of nitrogens with zero attached hydrogens (tertiary/aromatic N) is 1. The average Bonchev–Trinajstić information content (AvgIpc) is 2.47. The van der Waals surface area contributed by atoms with Crippen molar-refractivity contribution in [1.29, 1.82) is 0 Å². The van der Waals surface area contributed by atoms with Crippen LogP contribution in [0.1, 0.15) is 36.0 Å². The number of carbonyl (C=O) groups excluding carboxylic acids is 1. The number of likely N-dealkylation sites (tertiary alicyclic amines) is 1. The van der Waals surface area contributed by atoms with Crippen molar-refractivity contribution in [2.45, 2.75) is 39.5 Å². The summed E-state index contributed by atoms with van der Waals surface area (Å²) in [4.78, 5) is 14.1. The molecular weight excluding hydrogens is 264 g/mol. The van der Waals surface area contributed by atoms with Crippen LogP contribution in [0, 0.1) is 13.8 Å². The van der Waals surface area contributed by atoms with E-state index >= 15 is 0 Å². The number of rotatable bonds is 5. The van der Waals surface area contributed by atoms with Gasteiger partial charge in [-0.1, -0.05) is 12.1 Å². The van der Waals surface area contributed by atoms with Gasteiger partial charge in [-0.3, -0.25) is 4.79 Å². The van der Waals surface area contributed by atoms with Gasteiger partial charge in [-0.25, -0.2) is 0 Å². The number of aryl methyl sites for hydroxylation is 2. The summed E-state index contributed by atoms with van der Waals surface area (Å²) >= 11 is 0. The van der Waals surface area contributed by atoms with Crippen LogP contribution >= 0.6 is 0 Å². The highest BCUT2D eigenvalue weighted by atomic mass is 16.5. The lowest BCUT2D eigenvalue weighted by molar-refractivity contribution is -0.134. The molecule has 0 unspecified atom stereocenters. The number of hydrogen-bond acceptors (Lipinski definition) is 3. The molecule has 1 aromatic carbocycles. The van der Waals surface area contributed by atoms with Gasteiger partial charge >= 0.3 is 0 Å². The molecule has 4 nitrogen and oxygen atoms in total. The third-order valence-corrected chi connectivity index (χ3v) is 4.00. The zero-order chi connectivity index (χ0) is 15.2. The number of hydrogen-bond donors (Lipinski definition) is 1. The van der Waals surface area contributed by atoms with Crippen molar-refractivity contribution in [3.63, 3.8) is 0 Å². The zero-order valence-corrected chi connectivity index (χ0v) is 13.2. The second-order valence-corrected chi connectivity index (χ2v) is 5.83.